The van der Waals surface area contributed by atoms with Crippen LogP contribution in [-0.2, 0) is 0 Å². The van der Waals surface area contributed by atoms with Gasteiger partial charge in [0.1, 0.15) is 0 Å². The van der Waals surface area contributed by atoms with Gasteiger partial charge < -0.3 is 4.90 Å². The summed E-state index contributed by atoms with van der Waals surface area (Å²) in [6, 6.07) is 1.70. The molecule has 18 heavy (non-hydrogen) atoms. The van der Waals surface area contributed by atoms with Crippen LogP contribution >= 0.6 is 23.2 Å². The number of amides is 1. The minimum absolute atomic E-state index is 0.106. The van der Waals surface area contributed by atoms with E-state index in [2.05, 4.69) is 17.1 Å². The second-order valence-electron chi connectivity index (χ2n) is 4.86. The highest BCUT2D eigenvalue weighted by molar-refractivity contribution is 6.34. The number of piperidine rings is 1. The van der Waals surface area contributed by atoms with Crippen molar-refractivity contribution in [2.45, 2.75) is 32.7 Å². The van der Waals surface area contributed by atoms with Crippen LogP contribution in [-0.4, -0.2) is 33.6 Å². The highest BCUT2D eigenvalue weighted by Crippen LogP contribution is 2.25. The smallest absolute Gasteiger partial charge is 0.257 e. The van der Waals surface area contributed by atoms with Gasteiger partial charge in [0.15, 0.2) is 10.3 Å². The quantitative estimate of drug-likeness (QED) is 0.798. The van der Waals surface area contributed by atoms with Crippen LogP contribution in [0.3, 0.4) is 0 Å². The zero-order valence-corrected chi connectivity index (χ0v) is 11.9. The molecule has 1 aromatic heterocycles. The first kappa shape index (κ1) is 13.6. The summed E-state index contributed by atoms with van der Waals surface area (Å²) in [5.74, 6) is 0.394. The largest absolute Gasteiger partial charge is 0.336 e. The van der Waals surface area contributed by atoms with E-state index in [1.54, 1.807) is 0 Å². The zero-order valence-electron chi connectivity index (χ0n) is 10.4. The van der Waals surface area contributed by atoms with Gasteiger partial charge in [0.25, 0.3) is 5.91 Å². The van der Waals surface area contributed by atoms with Gasteiger partial charge in [-0.1, -0.05) is 30.1 Å². The van der Waals surface area contributed by atoms with Crippen LogP contribution in [0.15, 0.2) is 6.07 Å². The molecule has 1 amide bonds. The van der Waals surface area contributed by atoms with Crippen molar-refractivity contribution in [2.75, 3.05) is 6.54 Å². The van der Waals surface area contributed by atoms with E-state index in [-0.39, 0.29) is 22.3 Å². The van der Waals surface area contributed by atoms with Gasteiger partial charge in [-0.05, 0) is 31.7 Å². The summed E-state index contributed by atoms with van der Waals surface area (Å²) in [6.07, 6.45) is 2.16. The van der Waals surface area contributed by atoms with Gasteiger partial charge in [-0.3, -0.25) is 4.79 Å². The number of aromatic nitrogens is 2. The average molecular weight is 288 g/mol. The molecule has 98 valence electrons. The normalized spacial score (nSPS) is 24.1. The van der Waals surface area contributed by atoms with Gasteiger partial charge in [0.2, 0.25) is 0 Å². The van der Waals surface area contributed by atoms with E-state index in [4.69, 9.17) is 23.2 Å². The Bertz CT molecular complexity index is 467. The predicted molar refractivity (Wildman–Crippen MR) is 70.9 cm³/mol. The van der Waals surface area contributed by atoms with E-state index in [1.807, 2.05) is 11.8 Å². The van der Waals surface area contributed by atoms with E-state index in [0.29, 0.717) is 11.5 Å². The maximum Gasteiger partial charge on any atom is 0.257 e. The lowest BCUT2D eigenvalue weighted by Crippen LogP contribution is -2.45. The van der Waals surface area contributed by atoms with Crippen molar-refractivity contribution in [1.82, 2.24) is 15.1 Å². The molecule has 0 spiro atoms. The van der Waals surface area contributed by atoms with Crippen molar-refractivity contribution < 1.29 is 4.79 Å². The molecule has 0 aromatic carbocycles. The summed E-state index contributed by atoms with van der Waals surface area (Å²) >= 11 is 11.7. The lowest BCUT2D eigenvalue weighted by molar-refractivity contribution is 0.0573. The number of nitrogens with zero attached hydrogens (tertiary/aromatic N) is 3. The molecule has 2 unspecified atom stereocenters. The van der Waals surface area contributed by atoms with E-state index in [1.165, 1.54) is 6.07 Å². The molecule has 2 rings (SSSR count). The van der Waals surface area contributed by atoms with Gasteiger partial charge >= 0.3 is 0 Å². The molecule has 0 saturated carbocycles. The van der Waals surface area contributed by atoms with E-state index in [0.717, 1.165) is 19.4 Å². The summed E-state index contributed by atoms with van der Waals surface area (Å²) in [5.41, 5.74) is 0.331. The van der Waals surface area contributed by atoms with Crippen LogP contribution in [0, 0.1) is 5.92 Å². The summed E-state index contributed by atoms with van der Waals surface area (Å²) < 4.78 is 0. The summed E-state index contributed by atoms with van der Waals surface area (Å²) in [7, 11) is 0. The average Bonchev–Trinajstić information content (AvgIpc) is 2.34. The Labute approximate surface area is 116 Å². The first-order valence-corrected chi connectivity index (χ1v) is 6.74. The number of hydrogen-bond donors (Lipinski definition) is 0. The molecule has 2 atom stereocenters. The first-order chi connectivity index (χ1) is 8.49. The second kappa shape index (κ2) is 5.41. The van der Waals surface area contributed by atoms with Gasteiger partial charge in [-0.2, -0.15) is 0 Å². The molecule has 1 saturated heterocycles. The summed E-state index contributed by atoms with van der Waals surface area (Å²) in [5, 5.41) is 7.58. The lowest BCUT2D eigenvalue weighted by atomic mass is 9.94. The van der Waals surface area contributed by atoms with Crippen LogP contribution in [0.25, 0.3) is 0 Å². The predicted octanol–water partition coefficient (Wildman–Crippen LogP) is 3.04. The molecular weight excluding hydrogens is 273 g/mol. The van der Waals surface area contributed by atoms with Crippen LogP contribution in [0.5, 0.6) is 0 Å². The number of likely N-dealkylation sites (tertiary alicyclic amines) is 1. The number of carbonyl (C=O) groups is 1. The topological polar surface area (TPSA) is 46.1 Å². The van der Waals surface area contributed by atoms with Gasteiger partial charge in [-0.15, -0.1) is 10.2 Å². The first-order valence-electron chi connectivity index (χ1n) is 5.98. The molecule has 1 aliphatic heterocycles. The Balaban J connectivity index is 2.27. The number of rotatable bonds is 1. The third kappa shape index (κ3) is 2.75. The van der Waals surface area contributed by atoms with Crippen molar-refractivity contribution in [1.29, 1.82) is 0 Å². The van der Waals surface area contributed by atoms with Gasteiger partial charge in [0.05, 0.1) is 5.56 Å². The van der Waals surface area contributed by atoms with Gasteiger partial charge in [0, 0.05) is 12.6 Å². The molecule has 0 bridgehead atoms. The lowest BCUT2D eigenvalue weighted by Gasteiger charge is -2.36. The number of hydrogen-bond acceptors (Lipinski definition) is 3. The van der Waals surface area contributed by atoms with E-state index >= 15 is 0 Å². The zero-order chi connectivity index (χ0) is 13.3. The standard InChI is InChI=1S/C12H15Cl2N3O/c1-7-3-4-8(2)17(6-7)12(18)9-5-10(13)15-16-11(9)14/h5,7-8H,3-4,6H2,1-2H3. The molecule has 2 heterocycles. The van der Waals surface area contributed by atoms with Crippen LogP contribution in [0.4, 0.5) is 0 Å². The van der Waals surface area contributed by atoms with Crippen LogP contribution < -0.4 is 0 Å². The highest BCUT2D eigenvalue weighted by atomic mass is 35.5. The summed E-state index contributed by atoms with van der Waals surface area (Å²) in [6.45, 7) is 4.94. The Morgan fingerprint density at radius 2 is 2.06 bits per heavy atom. The number of halogens is 2. The molecule has 0 radical (unpaired) electrons. The fourth-order valence-corrected chi connectivity index (χ4v) is 2.55. The third-order valence-electron chi connectivity index (χ3n) is 3.33. The van der Waals surface area contributed by atoms with E-state index < -0.39 is 0 Å². The number of carbonyl (C=O) groups excluding carboxylic acids is 1. The minimum Gasteiger partial charge on any atom is -0.336 e. The van der Waals surface area contributed by atoms with Crippen molar-refractivity contribution in [3.05, 3.63) is 21.9 Å². The Morgan fingerprint density at radius 1 is 1.33 bits per heavy atom. The molecular formula is C12H15Cl2N3O. The Morgan fingerprint density at radius 3 is 2.78 bits per heavy atom. The fraction of sp³-hybridized carbons (Fsp3) is 0.583. The van der Waals surface area contributed by atoms with Crippen molar-refractivity contribution in [3.63, 3.8) is 0 Å². The molecule has 4 nitrogen and oxygen atoms in total. The maximum absolute atomic E-state index is 12.4. The molecule has 0 aliphatic carbocycles. The monoisotopic (exact) mass is 287 g/mol. The summed E-state index contributed by atoms with van der Waals surface area (Å²) in [4.78, 5) is 14.3. The molecule has 1 aliphatic rings. The maximum atomic E-state index is 12.4. The fourth-order valence-electron chi connectivity index (χ4n) is 2.23. The van der Waals surface area contributed by atoms with Crippen molar-refractivity contribution in [2.24, 2.45) is 5.92 Å². The van der Waals surface area contributed by atoms with Gasteiger partial charge in [-0.25, -0.2) is 0 Å². The minimum atomic E-state index is -0.115. The van der Waals surface area contributed by atoms with E-state index in [9.17, 15) is 4.79 Å². The third-order valence-corrected chi connectivity index (χ3v) is 3.79. The van der Waals surface area contributed by atoms with Crippen molar-refractivity contribution >= 4 is 29.1 Å². The Kier molecular flexibility index (Phi) is 4.07. The van der Waals surface area contributed by atoms with Crippen LogP contribution in [0.1, 0.15) is 37.0 Å². The van der Waals surface area contributed by atoms with Crippen LogP contribution in [0.2, 0.25) is 10.3 Å². The second-order valence-corrected chi connectivity index (χ2v) is 5.61. The highest BCUT2D eigenvalue weighted by Gasteiger charge is 2.29. The molecule has 1 aromatic rings. The Hall–Kier alpha value is -0.870. The molecule has 1 fully saturated rings. The SMILES string of the molecule is CC1CCC(C)N(C(=O)c2cc(Cl)nnc2Cl)C1. The molecule has 0 N–H and O–H groups in total. The van der Waals surface area contributed by atoms with Crippen molar-refractivity contribution in [3.8, 4) is 0 Å². The molecule has 6 heteroatoms.